The second-order valence-corrected chi connectivity index (χ2v) is 7.34. The molecule has 6 heteroatoms. The Kier molecular flexibility index (Phi) is 5.91. The van der Waals surface area contributed by atoms with Gasteiger partial charge >= 0.3 is 5.97 Å². The number of carbonyl (C=O) groups excluding carboxylic acids is 2. The van der Waals surface area contributed by atoms with E-state index in [2.05, 4.69) is 5.32 Å². The summed E-state index contributed by atoms with van der Waals surface area (Å²) < 4.78 is 0. The number of nitrogens with zero attached hydrogens (tertiary/aromatic N) is 1. The number of likely N-dealkylation sites (tertiary alicyclic amines) is 1. The molecule has 140 valence electrons. The molecule has 1 aromatic rings. The number of nitrogens with one attached hydrogen (secondary N) is 1. The fourth-order valence-electron chi connectivity index (χ4n) is 3.79. The van der Waals surface area contributed by atoms with E-state index in [1.807, 2.05) is 29.2 Å². The van der Waals surface area contributed by atoms with E-state index in [-0.39, 0.29) is 23.7 Å². The number of carbonyl (C=O) groups is 3. The summed E-state index contributed by atoms with van der Waals surface area (Å²) in [7, 11) is 0. The highest BCUT2D eigenvalue weighted by molar-refractivity contribution is 5.79. The van der Waals surface area contributed by atoms with Crippen LogP contribution in [0.25, 0.3) is 0 Å². The number of hydrogen-bond donors (Lipinski definition) is 2. The van der Waals surface area contributed by atoms with Crippen molar-refractivity contribution in [3.05, 3.63) is 35.4 Å². The Hall–Kier alpha value is -2.37. The maximum Gasteiger partial charge on any atom is 0.306 e. The first kappa shape index (κ1) is 18.4. The summed E-state index contributed by atoms with van der Waals surface area (Å²) in [5, 5.41) is 12.0. The number of hydrogen-bond acceptors (Lipinski definition) is 3. The van der Waals surface area contributed by atoms with Crippen molar-refractivity contribution in [3.8, 4) is 0 Å². The first-order valence-electron chi connectivity index (χ1n) is 9.39. The Balaban J connectivity index is 1.44. The van der Waals surface area contributed by atoms with Gasteiger partial charge in [-0.05, 0) is 43.2 Å². The summed E-state index contributed by atoms with van der Waals surface area (Å²) in [6.45, 7) is 1.96. The van der Waals surface area contributed by atoms with Crippen LogP contribution < -0.4 is 5.32 Å². The number of rotatable bonds is 6. The molecule has 0 atom stereocenters. The second-order valence-electron chi connectivity index (χ2n) is 7.34. The van der Waals surface area contributed by atoms with Crippen LogP contribution in [0.15, 0.2) is 24.3 Å². The van der Waals surface area contributed by atoms with E-state index < -0.39 is 5.97 Å². The van der Waals surface area contributed by atoms with Crippen molar-refractivity contribution in [1.82, 2.24) is 10.2 Å². The summed E-state index contributed by atoms with van der Waals surface area (Å²) in [5.74, 6) is -0.890. The van der Waals surface area contributed by atoms with Gasteiger partial charge in [0.1, 0.15) is 0 Å². The van der Waals surface area contributed by atoms with E-state index in [0.29, 0.717) is 45.2 Å². The van der Waals surface area contributed by atoms with Crippen LogP contribution in [0.2, 0.25) is 0 Å². The molecule has 0 bridgehead atoms. The lowest BCUT2D eigenvalue weighted by Gasteiger charge is -2.25. The molecule has 2 amide bonds. The Bertz CT molecular complexity index is 663. The van der Waals surface area contributed by atoms with Crippen molar-refractivity contribution < 1.29 is 19.5 Å². The number of aliphatic carboxylic acids is 1. The minimum Gasteiger partial charge on any atom is -0.481 e. The lowest BCUT2D eigenvalue weighted by Crippen LogP contribution is -2.34. The van der Waals surface area contributed by atoms with Gasteiger partial charge in [0.05, 0.1) is 5.92 Å². The first-order chi connectivity index (χ1) is 12.5. The third-order valence-electron chi connectivity index (χ3n) is 5.48. The molecule has 3 rings (SSSR count). The fraction of sp³-hybridized carbons (Fsp3) is 0.550. The van der Waals surface area contributed by atoms with E-state index in [1.54, 1.807) is 0 Å². The Morgan fingerprint density at radius 3 is 2.23 bits per heavy atom. The van der Waals surface area contributed by atoms with Gasteiger partial charge in [-0.15, -0.1) is 0 Å². The molecule has 1 saturated heterocycles. The molecule has 2 N–H and O–H groups in total. The SMILES string of the molecule is O=C(O)C1CCC(C(=O)NCc2ccc(CN3CCCC3=O)cc2)CC1. The topological polar surface area (TPSA) is 86.7 Å². The third-order valence-corrected chi connectivity index (χ3v) is 5.48. The van der Waals surface area contributed by atoms with Crippen molar-refractivity contribution in [1.29, 1.82) is 0 Å². The van der Waals surface area contributed by atoms with Gasteiger partial charge in [0.15, 0.2) is 0 Å². The molecule has 0 spiro atoms. The molecular weight excluding hydrogens is 332 g/mol. The van der Waals surface area contributed by atoms with Crippen molar-refractivity contribution in [2.24, 2.45) is 11.8 Å². The summed E-state index contributed by atoms with van der Waals surface area (Å²) >= 11 is 0. The van der Waals surface area contributed by atoms with Crippen LogP contribution >= 0.6 is 0 Å². The smallest absolute Gasteiger partial charge is 0.306 e. The highest BCUT2D eigenvalue weighted by Gasteiger charge is 2.29. The first-order valence-corrected chi connectivity index (χ1v) is 9.39. The maximum atomic E-state index is 12.3. The van der Waals surface area contributed by atoms with Gasteiger partial charge in [0, 0.05) is 32.0 Å². The Morgan fingerprint density at radius 2 is 1.65 bits per heavy atom. The van der Waals surface area contributed by atoms with Crippen molar-refractivity contribution in [2.45, 2.75) is 51.6 Å². The molecule has 0 aromatic heterocycles. The third kappa shape index (κ3) is 4.62. The molecule has 1 aliphatic heterocycles. The van der Waals surface area contributed by atoms with Gasteiger partial charge in [-0.2, -0.15) is 0 Å². The van der Waals surface area contributed by atoms with Gasteiger partial charge in [0.2, 0.25) is 11.8 Å². The van der Waals surface area contributed by atoms with E-state index in [4.69, 9.17) is 5.11 Å². The summed E-state index contributed by atoms with van der Waals surface area (Å²) in [6.07, 6.45) is 4.04. The lowest BCUT2D eigenvalue weighted by molar-refractivity contribution is -0.144. The van der Waals surface area contributed by atoms with Crippen LogP contribution in [-0.4, -0.2) is 34.3 Å². The molecule has 2 fully saturated rings. The van der Waals surface area contributed by atoms with Crippen molar-refractivity contribution >= 4 is 17.8 Å². The quantitative estimate of drug-likeness (QED) is 0.817. The van der Waals surface area contributed by atoms with Gasteiger partial charge < -0.3 is 15.3 Å². The zero-order chi connectivity index (χ0) is 18.5. The van der Waals surface area contributed by atoms with E-state index in [1.165, 1.54) is 0 Å². The highest BCUT2D eigenvalue weighted by atomic mass is 16.4. The standard InChI is InChI=1S/C20H26N2O4/c23-18-2-1-11-22(18)13-15-5-3-14(4-6-15)12-21-19(24)16-7-9-17(10-8-16)20(25)26/h3-6,16-17H,1-2,7-13H2,(H,21,24)(H,25,26). The molecule has 2 aliphatic rings. The number of benzene rings is 1. The summed E-state index contributed by atoms with van der Waals surface area (Å²) in [6, 6.07) is 7.98. The van der Waals surface area contributed by atoms with E-state index in [9.17, 15) is 14.4 Å². The van der Waals surface area contributed by atoms with Gasteiger partial charge in [-0.3, -0.25) is 14.4 Å². The zero-order valence-corrected chi connectivity index (χ0v) is 14.9. The van der Waals surface area contributed by atoms with Crippen LogP contribution in [0.3, 0.4) is 0 Å². The predicted molar refractivity (Wildman–Crippen MR) is 96.0 cm³/mol. The molecule has 1 heterocycles. The summed E-state index contributed by atoms with van der Waals surface area (Å²) in [5.41, 5.74) is 2.12. The molecule has 0 radical (unpaired) electrons. The Labute approximate surface area is 153 Å². The molecule has 1 aromatic carbocycles. The van der Waals surface area contributed by atoms with Crippen LogP contribution in [0.4, 0.5) is 0 Å². The van der Waals surface area contributed by atoms with Gasteiger partial charge in [0.25, 0.3) is 0 Å². The average molecular weight is 358 g/mol. The van der Waals surface area contributed by atoms with Gasteiger partial charge in [-0.1, -0.05) is 24.3 Å². The largest absolute Gasteiger partial charge is 0.481 e. The zero-order valence-electron chi connectivity index (χ0n) is 14.9. The molecule has 26 heavy (non-hydrogen) atoms. The molecule has 0 unspecified atom stereocenters. The Morgan fingerprint density at radius 1 is 1.04 bits per heavy atom. The number of carboxylic acid groups (broad SMARTS) is 1. The van der Waals surface area contributed by atoms with Crippen LogP contribution in [-0.2, 0) is 27.5 Å². The number of carboxylic acids is 1. The fourth-order valence-corrected chi connectivity index (χ4v) is 3.79. The minimum absolute atomic E-state index is 0.0144. The summed E-state index contributed by atoms with van der Waals surface area (Å²) in [4.78, 5) is 36.8. The monoisotopic (exact) mass is 358 g/mol. The second kappa shape index (κ2) is 8.34. The highest BCUT2D eigenvalue weighted by Crippen LogP contribution is 2.29. The average Bonchev–Trinajstić information content (AvgIpc) is 3.05. The van der Waals surface area contributed by atoms with Crippen LogP contribution in [0.5, 0.6) is 0 Å². The normalized spacial score (nSPS) is 23.1. The minimum atomic E-state index is -0.750. The lowest BCUT2D eigenvalue weighted by atomic mass is 9.81. The predicted octanol–water partition coefficient (Wildman–Crippen LogP) is 2.32. The van der Waals surface area contributed by atoms with Crippen LogP contribution in [0.1, 0.15) is 49.7 Å². The maximum absolute atomic E-state index is 12.3. The molecule has 1 saturated carbocycles. The molecule has 1 aliphatic carbocycles. The molecular formula is C20H26N2O4. The molecule has 6 nitrogen and oxygen atoms in total. The van der Waals surface area contributed by atoms with E-state index in [0.717, 1.165) is 24.1 Å². The number of amides is 2. The van der Waals surface area contributed by atoms with Gasteiger partial charge in [-0.25, -0.2) is 0 Å². The van der Waals surface area contributed by atoms with Crippen molar-refractivity contribution in [2.75, 3.05) is 6.54 Å². The van der Waals surface area contributed by atoms with Crippen molar-refractivity contribution in [3.63, 3.8) is 0 Å². The van der Waals surface area contributed by atoms with Crippen LogP contribution in [0, 0.1) is 11.8 Å². The van der Waals surface area contributed by atoms with E-state index >= 15 is 0 Å².